The molecule has 1 fully saturated rings. The summed E-state index contributed by atoms with van der Waals surface area (Å²) in [6.45, 7) is 5.26. The lowest BCUT2D eigenvalue weighted by Crippen LogP contribution is -2.19. The summed E-state index contributed by atoms with van der Waals surface area (Å²) in [5.41, 5.74) is 9.15. The summed E-state index contributed by atoms with van der Waals surface area (Å²) in [4.78, 5) is 0. The van der Waals surface area contributed by atoms with Crippen molar-refractivity contribution in [1.82, 2.24) is 0 Å². The van der Waals surface area contributed by atoms with Gasteiger partial charge >= 0.3 is 0 Å². The van der Waals surface area contributed by atoms with Crippen LogP contribution in [0.3, 0.4) is 0 Å². The number of nitrogens with two attached hydrogens (primary N) is 1. The molecule has 1 heterocycles. The van der Waals surface area contributed by atoms with Crippen LogP contribution in [0.25, 0.3) is 0 Å². The minimum absolute atomic E-state index is 0.123. The number of ether oxygens (including phenoxy) is 1. The lowest BCUT2D eigenvalue weighted by molar-refractivity contribution is 0.291. The van der Waals surface area contributed by atoms with E-state index in [9.17, 15) is 0 Å². The standard InChI is InChI=1S/C17H25NO/c1-17(2)11-19-16-8-7-13(10-14(16)17)15(18)9-12-5-3-4-6-12/h7-8,10,12,15H,3-6,9,11,18H2,1-2H3. The summed E-state index contributed by atoms with van der Waals surface area (Å²) in [6.07, 6.45) is 6.66. The van der Waals surface area contributed by atoms with Crippen LogP contribution in [0, 0.1) is 5.92 Å². The van der Waals surface area contributed by atoms with Crippen molar-refractivity contribution in [1.29, 1.82) is 0 Å². The van der Waals surface area contributed by atoms with Gasteiger partial charge < -0.3 is 10.5 Å². The minimum atomic E-state index is 0.123. The van der Waals surface area contributed by atoms with Crippen molar-refractivity contribution in [2.45, 2.75) is 57.4 Å². The predicted molar refractivity (Wildman–Crippen MR) is 78.5 cm³/mol. The molecule has 1 aliphatic heterocycles. The lowest BCUT2D eigenvalue weighted by Gasteiger charge is -2.20. The Morgan fingerprint density at radius 3 is 2.79 bits per heavy atom. The fourth-order valence-electron chi connectivity index (χ4n) is 3.51. The van der Waals surface area contributed by atoms with Gasteiger partial charge in [0.2, 0.25) is 0 Å². The molecule has 2 N–H and O–H groups in total. The quantitative estimate of drug-likeness (QED) is 0.892. The highest BCUT2D eigenvalue weighted by Crippen LogP contribution is 2.40. The van der Waals surface area contributed by atoms with Crippen LogP contribution in [0.4, 0.5) is 0 Å². The van der Waals surface area contributed by atoms with Crippen LogP contribution in [0.15, 0.2) is 18.2 Å². The third-order valence-electron chi connectivity index (χ3n) is 4.81. The topological polar surface area (TPSA) is 35.2 Å². The van der Waals surface area contributed by atoms with Crippen molar-refractivity contribution in [3.8, 4) is 5.75 Å². The Bertz CT molecular complexity index is 460. The molecule has 0 bridgehead atoms. The van der Waals surface area contributed by atoms with Crippen molar-refractivity contribution in [3.63, 3.8) is 0 Å². The Kier molecular flexibility index (Phi) is 3.30. The minimum Gasteiger partial charge on any atom is -0.492 e. The number of hydrogen-bond acceptors (Lipinski definition) is 2. The maximum absolute atomic E-state index is 6.42. The third-order valence-corrected chi connectivity index (χ3v) is 4.81. The normalized spacial score (nSPS) is 23.1. The monoisotopic (exact) mass is 259 g/mol. The Morgan fingerprint density at radius 1 is 1.32 bits per heavy atom. The van der Waals surface area contributed by atoms with E-state index in [0.717, 1.165) is 24.7 Å². The third kappa shape index (κ3) is 2.51. The van der Waals surface area contributed by atoms with Gasteiger partial charge in [-0.25, -0.2) is 0 Å². The van der Waals surface area contributed by atoms with Gasteiger partial charge in [0.25, 0.3) is 0 Å². The number of rotatable bonds is 3. The van der Waals surface area contributed by atoms with Gasteiger partial charge in [-0.2, -0.15) is 0 Å². The summed E-state index contributed by atoms with van der Waals surface area (Å²) in [7, 11) is 0. The second-order valence-corrected chi connectivity index (χ2v) is 6.92. The molecule has 104 valence electrons. The Morgan fingerprint density at radius 2 is 2.05 bits per heavy atom. The maximum atomic E-state index is 6.42. The molecule has 2 heteroatoms. The number of benzene rings is 1. The first-order chi connectivity index (χ1) is 9.06. The van der Waals surface area contributed by atoms with Gasteiger partial charge in [-0.3, -0.25) is 0 Å². The molecule has 0 spiro atoms. The van der Waals surface area contributed by atoms with Crippen molar-refractivity contribution < 1.29 is 4.74 Å². The van der Waals surface area contributed by atoms with Crippen LogP contribution in [-0.4, -0.2) is 6.61 Å². The SMILES string of the molecule is CC1(C)COc2ccc(C(N)CC3CCCC3)cc21. The highest BCUT2D eigenvalue weighted by atomic mass is 16.5. The number of fused-ring (bicyclic) bond motifs is 1. The van der Waals surface area contributed by atoms with Gasteiger partial charge in [-0.05, 0) is 30.0 Å². The summed E-state index contributed by atoms with van der Waals surface area (Å²) in [5, 5.41) is 0. The summed E-state index contributed by atoms with van der Waals surface area (Å²) in [6, 6.07) is 6.72. The van der Waals surface area contributed by atoms with Crippen molar-refractivity contribution >= 4 is 0 Å². The predicted octanol–water partition coefficient (Wildman–Crippen LogP) is 3.94. The van der Waals surface area contributed by atoms with E-state index < -0.39 is 0 Å². The van der Waals surface area contributed by atoms with Crippen molar-refractivity contribution in [2.75, 3.05) is 6.61 Å². The molecule has 3 rings (SSSR count). The molecule has 1 aromatic carbocycles. The summed E-state index contributed by atoms with van der Waals surface area (Å²) < 4.78 is 5.74. The Labute approximate surface area is 116 Å². The molecule has 2 nitrogen and oxygen atoms in total. The fraction of sp³-hybridized carbons (Fsp3) is 0.647. The van der Waals surface area contributed by atoms with Gasteiger partial charge in [0.05, 0.1) is 6.61 Å². The van der Waals surface area contributed by atoms with Gasteiger partial charge in [-0.1, -0.05) is 45.6 Å². The van der Waals surface area contributed by atoms with Crippen molar-refractivity contribution in [3.05, 3.63) is 29.3 Å². The first-order valence-electron chi connectivity index (χ1n) is 7.59. The second kappa shape index (κ2) is 4.82. The first kappa shape index (κ1) is 13.0. The second-order valence-electron chi connectivity index (χ2n) is 6.92. The van der Waals surface area contributed by atoms with E-state index in [-0.39, 0.29) is 11.5 Å². The molecular formula is C17H25NO. The van der Waals surface area contributed by atoms with E-state index in [2.05, 4.69) is 32.0 Å². The zero-order valence-corrected chi connectivity index (χ0v) is 12.1. The molecule has 1 atom stereocenters. The Balaban J connectivity index is 1.78. The van der Waals surface area contributed by atoms with Crippen LogP contribution >= 0.6 is 0 Å². The summed E-state index contributed by atoms with van der Waals surface area (Å²) >= 11 is 0. The van der Waals surface area contributed by atoms with Crippen LogP contribution in [0.5, 0.6) is 5.75 Å². The van der Waals surface area contributed by atoms with Crippen molar-refractivity contribution in [2.24, 2.45) is 11.7 Å². The van der Waals surface area contributed by atoms with E-state index in [1.165, 1.54) is 36.8 Å². The van der Waals surface area contributed by atoms with E-state index >= 15 is 0 Å². The van der Waals surface area contributed by atoms with E-state index in [4.69, 9.17) is 10.5 Å². The molecule has 19 heavy (non-hydrogen) atoms. The Hall–Kier alpha value is -1.02. The highest BCUT2D eigenvalue weighted by Gasteiger charge is 2.32. The van der Waals surface area contributed by atoms with E-state index in [1.54, 1.807) is 0 Å². The molecule has 0 radical (unpaired) electrons. The van der Waals surface area contributed by atoms with Gasteiger partial charge in [0.1, 0.15) is 5.75 Å². The number of hydrogen-bond donors (Lipinski definition) is 1. The molecule has 1 aliphatic carbocycles. The summed E-state index contributed by atoms with van der Waals surface area (Å²) in [5.74, 6) is 1.88. The van der Waals surface area contributed by atoms with Gasteiger partial charge in [0, 0.05) is 17.0 Å². The first-order valence-corrected chi connectivity index (χ1v) is 7.59. The van der Waals surface area contributed by atoms with Crippen LogP contribution in [0.2, 0.25) is 0 Å². The maximum Gasteiger partial charge on any atom is 0.123 e. The van der Waals surface area contributed by atoms with Gasteiger partial charge in [-0.15, -0.1) is 0 Å². The molecule has 2 aliphatic rings. The molecule has 0 amide bonds. The molecule has 1 unspecified atom stereocenters. The fourth-order valence-corrected chi connectivity index (χ4v) is 3.51. The van der Waals surface area contributed by atoms with E-state index in [0.29, 0.717) is 0 Å². The largest absolute Gasteiger partial charge is 0.492 e. The highest BCUT2D eigenvalue weighted by molar-refractivity contribution is 5.45. The average molecular weight is 259 g/mol. The van der Waals surface area contributed by atoms with E-state index in [1.807, 2.05) is 0 Å². The molecule has 0 saturated heterocycles. The van der Waals surface area contributed by atoms with Crippen LogP contribution in [-0.2, 0) is 5.41 Å². The molecule has 0 aromatic heterocycles. The molecule has 1 saturated carbocycles. The molecule has 1 aromatic rings. The molecular weight excluding hydrogens is 234 g/mol. The zero-order chi connectivity index (χ0) is 13.5. The average Bonchev–Trinajstić information content (AvgIpc) is 2.98. The van der Waals surface area contributed by atoms with Crippen LogP contribution < -0.4 is 10.5 Å². The smallest absolute Gasteiger partial charge is 0.123 e. The lowest BCUT2D eigenvalue weighted by atomic mass is 9.84. The van der Waals surface area contributed by atoms with Gasteiger partial charge in [0.15, 0.2) is 0 Å². The zero-order valence-electron chi connectivity index (χ0n) is 12.1. The van der Waals surface area contributed by atoms with Crippen LogP contribution in [0.1, 0.15) is 63.1 Å².